The minimum absolute atomic E-state index is 0.601. The summed E-state index contributed by atoms with van der Waals surface area (Å²) in [6.45, 7) is 0. The molecule has 0 aliphatic heterocycles. The van der Waals surface area contributed by atoms with E-state index in [2.05, 4.69) is 164 Å². The Labute approximate surface area is 325 Å². The van der Waals surface area contributed by atoms with Crippen LogP contribution in [0.3, 0.4) is 0 Å². The van der Waals surface area contributed by atoms with Crippen LogP contribution in [0, 0.1) is 0 Å². The minimum Gasteiger partial charge on any atom is -0.455 e. The van der Waals surface area contributed by atoms with Crippen LogP contribution in [0.5, 0.6) is 0 Å². The second-order valence-corrected chi connectivity index (χ2v) is 15.4. The van der Waals surface area contributed by atoms with Gasteiger partial charge in [0.15, 0.2) is 17.5 Å². The van der Waals surface area contributed by atoms with Crippen molar-refractivity contribution in [3.63, 3.8) is 0 Å². The van der Waals surface area contributed by atoms with Gasteiger partial charge >= 0.3 is 0 Å². The first-order chi connectivity index (χ1) is 27.7. The summed E-state index contributed by atoms with van der Waals surface area (Å²) in [5, 5.41) is 11.7. The Morgan fingerprint density at radius 3 is 1.86 bits per heavy atom. The molecule has 0 radical (unpaired) electrons. The van der Waals surface area contributed by atoms with Gasteiger partial charge in [-0.2, -0.15) is 0 Å². The van der Waals surface area contributed by atoms with E-state index in [9.17, 15) is 0 Å². The molecule has 5 heteroatoms. The van der Waals surface area contributed by atoms with Crippen molar-refractivity contribution in [2.24, 2.45) is 0 Å². The van der Waals surface area contributed by atoms with E-state index in [1.165, 1.54) is 47.1 Å². The van der Waals surface area contributed by atoms with Gasteiger partial charge in [-0.1, -0.05) is 146 Å². The van der Waals surface area contributed by atoms with E-state index in [0.29, 0.717) is 17.5 Å². The molecule has 0 saturated carbocycles. The van der Waals surface area contributed by atoms with Gasteiger partial charge in [0.05, 0.1) is 0 Å². The Hall–Kier alpha value is -7.21. The van der Waals surface area contributed by atoms with Crippen molar-refractivity contribution in [2.75, 3.05) is 0 Å². The van der Waals surface area contributed by atoms with E-state index in [1.807, 2.05) is 12.1 Å². The van der Waals surface area contributed by atoms with Crippen LogP contribution in [0.15, 0.2) is 180 Å². The van der Waals surface area contributed by atoms with Crippen LogP contribution in [0.4, 0.5) is 0 Å². The lowest BCUT2D eigenvalue weighted by Crippen LogP contribution is -2.00. The molecule has 4 nitrogen and oxygen atoms in total. The van der Waals surface area contributed by atoms with E-state index in [0.717, 1.165) is 55.1 Å². The van der Waals surface area contributed by atoms with Crippen molar-refractivity contribution in [3.8, 4) is 45.3 Å². The maximum absolute atomic E-state index is 6.85. The largest absolute Gasteiger partial charge is 0.455 e. The maximum atomic E-state index is 6.85. The molecule has 12 rings (SSSR count). The Morgan fingerprint density at radius 2 is 0.982 bits per heavy atom. The molecule has 0 aliphatic carbocycles. The molecule has 0 N–H and O–H groups in total. The van der Waals surface area contributed by atoms with Crippen LogP contribution in [-0.4, -0.2) is 15.0 Å². The number of hydrogen-bond donors (Lipinski definition) is 0. The monoisotopic (exact) mass is 731 g/mol. The van der Waals surface area contributed by atoms with Crippen LogP contribution in [0.25, 0.3) is 120 Å². The number of rotatable bonds is 4. The lowest BCUT2D eigenvalue weighted by Gasteiger charge is -2.11. The molecular weight excluding hydrogens is 703 g/mol. The molecule has 0 amide bonds. The number of aromatic nitrogens is 3. The Morgan fingerprint density at radius 1 is 0.357 bits per heavy atom. The number of nitrogens with zero attached hydrogens (tertiary/aromatic N) is 3. The highest BCUT2D eigenvalue weighted by Crippen LogP contribution is 2.43. The number of furan rings is 1. The average Bonchev–Trinajstić information content (AvgIpc) is 3.84. The predicted octanol–water partition coefficient (Wildman–Crippen LogP) is 14.3. The number of thiophene rings is 1. The van der Waals surface area contributed by atoms with Gasteiger partial charge in [-0.25, -0.2) is 15.0 Å². The third kappa shape index (κ3) is 4.81. The van der Waals surface area contributed by atoms with E-state index >= 15 is 0 Å². The Bertz CT molecular complexity index is 3560. The van der Waals surface area contributed by atoms with Gasteiger partial charge in [0.25, 0.3) is 0 Å². The zero-order valence-corrected chi connectivity index (χ0v) is 30.7. The molecule has 0 atom stereocenters. The third-order valence-electron chi connectivity index (χ3n) is 11.1. The van der Waals surface area contributed by atoms with Crippen LogP contribution in [0.2, 0.25) is 0 Å². The molecule has 9 aromatic carbocycles. The van der Waals surface area contributed by atoms with Crippen LogP contribution in [-0.2, 0) is 0 Å². The van der Waals surface area contributed by atoms with Gasteiger partial charge in [0, 0.05) is 53.2 Å². The van der Waals surface area contributed by atoms with Gasteiger partial charge < -0.3 is 4.42 Å². The highest BCUT2D eigenvalue weighted by Gasteiger charge is 2.21. The van der Waals surface area contributed by atoms with Gasteiger partial charge in [-0.3, -0.25) is 0 Å². The molecule has 0 aliphatic rings. The SMILES string of the molecule is c1ccc2cc(-c3nc(-c4ccc5c(c4)sc4ccccc45)nc(-c4cccc5oc6c(-c7cc8ccccc8c8ccccc78)cccc6c45)n3)ccc2c1. The molecule has 56 heavy (non-hydrogen) atoms. The smallest absolute Gasteiger partial charge is 0.164 e. The van der Waals surface area contributed by atoms with Crippen LogP contribution in [0.1, 0.15) is 0 Å². The molecule has 3 heterocycles. The van der Waals surface area contributed by atoms with Crippen LogP contribution < -0.4 is 0 Å². The lowest BCUT2D eigenvalue weighted by atomic mass is 9.92. The minimum atomic E-state index is 0.601. The quantitative estimate of drug-likeness (QED) is 0.169. The van der Waals surface area contributed by atoms with Crippen molar-refractivity contribution in [3.05, 3.63) is 176 Å². The zero-order chi connectivity index (χ0) is 36.7. The molecule has 0 spiro atoms. The van der Waals surface area contributed by atoms with Crippen molar-refractivity contribution in [1.29, 1.82) is 0 Å². The first-order valence-corrected chi connectivity index (χ1v) is 19.6. The number of hydrogen-bond acceptors (Lipinski definition) is 5. The summed E-state index contributed by atoms with van der Waals surface area (Å²) in [6.07, 6.45) is 0. The number of para-hydroxylation sites is 1. The van der Waals surface area contributed by atoms with Gasteiger partial charge in [-0.05, 0) is 68.2 Å². The summed E-state index contributed by atoms with van der Waals surface area (Å²) in [5.41, 5.74) is 6.61. The third-order valence-corrected chi connectivity index (χ3v) is 12.2. The number of benzene rings is 9. The predicted molar refractivity (Wildman–Crippen MR) is 234 cm³/mol. The molecule has 0 unspecified atom stereocenters. The molecule has 0 bridgehead atoms. The lowest BCUT2D eigenvalue weighted by molar-refractivity contribution is 0.670. The van der Waals surface area contributed by atoms with Gasteiger partial charge in [-0.15, -0.1) is 11.3 Å². The summed E-state index contributed by atoms with van der Waals surface area (Å²) >= 11 is 1.79. The topological polar surface area (TPSA) is 51.8 Å². The molecule has 260 valence electrons. The van der Waals surface area contributed by atoms with E-state index < -0.39 is 0 Å². The average molecular weight is 732 g/mol. The van der Waals surface area contributed by atoms with Crippen molar-refractivity contribution in [1.82, 2.24) is 15.0 Å². The van der Waals surface area contributed by atoms with Gasteiger partial charge in [0.2, 0.25) is 0 Å². The molecule has 0 fully saturated rings. The Balaban J connectivity index is 1.09. The van der Waals surface area contributed by atoms with Crippen molar-refractivity contribution >= 4 is 85.8 Å². The first-order valence-electron chi connectivity index (χ1n) is 18.8. The Kier molecular flexibility index (Phi) is 6.76. The van der Waals surface area contributed by atoms with Crippen molar-refractivity contribution < 1.29 is 4.42 Å². The van der Waals surface area contributed by atoms with Gasteiger partial charge in [0.1, 0.15) is 11.2 Å². The number of fused-ring (bicyclic) bond motifs is 10. The molecule has 3 aromatic heterocycles. The van der Waals surface area contributed by atoms with E-state index in [-0.39, 0.29) is 0 Å². The summed E-state index contributed by atoms with van der Waals surface area (Å²) in [6, 6.07) is 62.1. The normalized spacial score (nSPS) is 11.9. The van der Waals surface area contributed by atoms with Crippen LogP contribution >= 0.6 is 11.3 Å². The van der Waals surface area contributed by atoms with E-state index in [1.54, 1.807) is 11.3 Å². The second-order valence-electron chi connectivity index (χ2n) is 14.3. The first kappa shape index (κ1) is 31.2. The fourth-order valence-electron chi connectivity index (χ4n) is 8.47. The fourth-order valence-corrected chi connectivity index (χ4v) is 9.62. The fraction of sp³-hybridized carbons (Fsp3) is 0. The highest BCUT2D eigenvalue weighted by atomic mass is 32.1. The highest BCUT2D eigenvalue weighted by molar-refractivity contribution is 7.25. The van der Waals surface area contributed by atoms with Crippen molar-refractivity contribution in [2.45, 2.75) is 0 Å². The standard InChI is InChI=1S/C51H29N3OS/c1-2-12-31-27-33(24-23-30(31)11-1)49-52-50(34-25-26-39-38-17-7-8-22-45(38)56-46(39)29-34)54-51(53-49)42-20-10-21-44-47(42)41-19-9-18-40(48(41)55-44)43-28-32-13-3-4-14-35(32)36-15-5-6-16-37(36)43/h1-29H. The molecular formula is C51H29N3OS. The maximum Gasteiger partial charge on any atom is 0.164 e. The summed E-state index contributed by atoms with van der Waals surface area (Å²) < 4.78 is 9.32. The zero-order valence-electron chi connectivity index (χ0n) is 29.9. The molecule has 0 saturated heterocycles. The second kappa shape index (κ2) is 12.2. The summed E-state index contributed by atoms with van der Waals surface area (Å²) in [4.78, 5) is 15.7. The van der Waals surface area contributed by atoms with E-state index in [4.69, 9.17) is 19.4 Å². The molecule has 12 aromatic rings. The summed E-state index contributed by atoms with van der Waals surface area (Å²) in [7, 11) is 0. The summed E-state index contributed by atoms with van der Waals surface area (Å²) in [5.74, 6) is 1.86.